The van der Waals surface area contributed by atoms with Gasteiger partial charge in [-0.3, -0.25) is 0 Å². The third-order valence-electron chi connectivity index (χ3n) is 4.16. The third-order valence-corrected chi connectivity index (χ3v) is 4.16. The highest BCUT2D eigenvalue weighted by molar-refractivity contribution is 5.18. The van der Waals surface area contributed by atoms with Crippen LogP contribution in [0, 0.1) is 12.8 Å². The van der Waals surface area contributed by atoms with Crippen LogP contribution in [0.1, 0.15) is 64.6 Å². The lowest BCUT2D eigenvalue weighted by molar-refractivity contribution is 0.0920. The van der Waals surface area contributed by atoms with Crippen molar-refractivity contribution in [1.82, 2.24) is 15.3 Å². The zero-order chi connectivity index (χ0) is 15.5. The fourth-order valence-corrected chi connectivity index (χ4v) is 2.65. The highest BCUT2D eigenvalue weighted by Crippen LogP contribution is 2.27. The molecule has 0 aromatic carbocycles. The van der Waals surface area contributed by atoms with Crippen LogP contribution in [-0.4, -0.2) is 21.6 Å². The van der Waals surface area contributed by atoms with Crippen molar-refractivity contribution in [2.75, 3.05) is 0 Å². The molecule has 1 aromatic heterocycles. The Balaban J connectivity index is 1.98. The number of aryl methyl sites for hydroxylation is 1. The van der Waals surface area contributed by atoms with Crippen molar-refractivity contribution < 1.29 is 4.74 Å². The van der Waals surface area contributed by atoms with E-state index >= 15 is 0 Å². The first-order chi connectivity index (χ1) is 9.85. The largest absolute Gasteiger partial charge is 0.460 e. The van der Waals surface area contributed by atoms with Gasteiger partial charge in [-0.15, -0.1) is 0 Å². The Morgan fingerprint density at radius 1 is 1.29 bits per heavy atom. The zero-order valence-electron chi connectivity index (χ0n) is 14.1. The maximum absolute atomic E-state index is 6.01. The van der Waals surface area contributed by atoms with Crippen molar-refractivity contribution >= 4 is 0 Å². The number of nitrogens with one attached hydrogen (secondary N) is 1. The lowest BCUT2D eigenvalue weighted by atomic mass is 9.88. The fourth-order valence-electron chi connectivity index (χ4n) is 2.65. The van der Waals surface area contributed by atoms with Crippen molar-refractivity contribution in [3.05, 3.63) is 17.5 Å². The topological polar surface area (TPSA) is 47.0 Å². The molecule has 1 saturated carbocycles. The van der Waals surface area contributed by atoms with Crippen LogP contribution in [-0.2, 0) is 6.54 Å². The molecule has 1 aliphatic rings. The molecular formula is C17H29N3O. The van der Waals surface area contributed by atoms with Crippen molar-refractivity contribution in [2.24, 2.45) is 5.92 Å². The van der Waals surface area contributed by atoms with Gasteiger partial charge in [0.2, 0.25) is 0 Å². The van der Waals surface area contributed by atoms with Crippen molar-refractivity contribution in [2.45, 2.75) is 78.5 Å². The summed E-state index contributed by atoms with van der Waals surface area (Å²) in [5.41, 5.74) is 2.23. The average molecular weight is 291 g/mol. The molecule has 0 spiro atoms. The minimum absolute atomic E-state index is 0.0964. The van der Waals surface area contributed by atoms with Gasteiger partial charge >= 0.3 is 6.01 Å². The van der Waals surface area contributed by atoms with Gasteiger partial charge < -0.3 is 10.1 Å². The molecule has 0 amide bonds. The van der Waals surface area contributed by atoms with Gasteiger partial charge in [-0.25, -0.2) is 9.97 Å². The van der Waals surface area contributed by atoms with Gasteiger partial charge in [0.15, 0.2) is 0 Å². The SMILES string of the molecule is Cc1nc(OC2CCCCC2C)ncc1CNC(C)(C)C. The molecule has 1 N–H and O–H groups in total. The number of hydrogen-bond donors (Lipinski definition) is 1. The van der Waals surface area contributed by atoms with Crippen LogP contribution in [0.2, 0.25) is 0 Å². The Labute approximate surface area is 128 Å². The maximum Gasteiger partial charge on any atom is 0.316 e. The average Bonchev–Trinajstić information content (AvgIpc) is 2.39. The number of ether oxygens (including phenoxy) is 1. The first-order valence-corrected chi connectivity index (χ1v) is 8.09. The highest BCUT2D eigenvalue weighted by Gasteiger charge is 2.24. The van der Waals surface area contributed by atoms with Gasteiger partial charge in [0.1, 0.15) is 6.10 Å². The summed E-state index contributed by atoms with van der Waals surface area (Å²) in [7, 11) is 0. The van der Waals surface area contributed by atoms with Crippen LogP contribution in [0.25, 0.3) is 0 Å². The van der Waals surface area contributed by atoms with Crippen molar-refractivity contribution in [3.63, 3.8) is 0 Å². The summed E-state index contributed by atoms with van der Waals surface area (Å²) in [6.45, 7) is 11.5. The minimum Gasteiger partial charge on any atom is -0.460 e. The van der Waals surface area contributed by atoms with Crippen LogP contribution in [0.4, 0.5) is 0 Å². The molecule has 118 valence electrons. The van der Waals surface area contributed by atoms with E-state index in [4.69, 9.17) is 4.74 Å². The van der Waals surface area contributed by atoms with E-state index in [1.807, 2.05) is 13.1 Å². The molecular weight excluding hydrogens is 262 g/mol. The Morgan fingerprint density at radius 3 is 2.62 bits per heavy atom. The Morgan fingerprint density at radius 2 is 2.00 bits per heavy atom. The van der Waals surface area contributed by atoms with E-state index in [0.717, 1.165) is 24.2 Å². The molecule has 2 unspecified atom stereocenters. The van der Waals surface area contributed by atoms with E-state index < -0.39 is 0 Å². The summed E-state index contributed by atoms with van der Waals surface area (Å²) in [6, 6.07) is 0.533. The van der Waals surface area contributed by atoms with Crippen LogP contribution in [0.3, 0.4) is 0 Å². The fraction of sp³-hybridized carbons (Fsp3) is 0.765. The summed E-state index contributed by atoms with van der Waals surface area (Å²) >= 11 is 0. The van der Waals surface area contributed by atoms with Gasteiger partial charge in [0, 0.05) is 29.5 Å². The number of nitrogens with zero attached hydrogens (tertiary/aromatic N) is 2. The first kappa shape index (κ1) is 16.2. The molecule has 21 heavy (non-hydrogen) atoms. The number of hydrogen-bond acceptors (Lipinski definition) is 4. The van der Waals surface area contributed by atoms with Gasteiger partial charge in [0.25, 0.3) is 0 Å². The van der Waals surface area contributed by atoms with Gasteiger partial charge in [-0.1, -0.05) is 13.3 Å². The lowest BCUT2D eigenvalue weighted by Gasteiger charge is -2.28. The monoisotopic (exact) mass is 291 g/mol. The van der Waals surface area contributed by atoms with Gasteiger partial charge in [0.05, 0.1) is 0 Å². The Hall–Kier alpha value is -1.16. The molecule has 4 heteroatoms. The molecule has 2 atom stereocenters. The first-order valence-electron chi connectivity index (χ1n) is 8.09. The lowest BCUT2D eigenvalue weighted by Crippen LogP contribution is -2.35. The van der Waals surface area contributed by atoms with Crippen LogP contribution in [0.15, 0.2) is 6.20 Å². The third kappa shape index (κ3) is 4.95. The summed E-state index contributed by atoms with van der Waals surface area (Å²) in [5, 5.41) is 3.47. The molecule has 0 aliphatic heterocycles. The van der Waals surface area contributed by atoms with Crippen molar-refractivity contribution in [1.29, 1.82) is 0 Å². The maximum atomic E-state index is 6.01. The van der Waals surface area contributed by atoms with Crippen LogP contribution < -0.4 is 10.1 Å². The second-order valence-corrected chi connectivity index (χ2v) is 7.28. The second kappa shape index (κ2) is 6.73. The zero-order valence-corrected chi connectivity index (χ0v) is 14.1. The van der Waals surface area contributed by atoms with E-state index in [1.165, 1.54) is 19.3 Å². The molecule has 1 aliphatic carbocycles. The van der Waals surface area contributed by atoms with E-state index in [1.54, 1.807) is 0 Å². The number of aromatic nitrogens is 2. The predicted molar refractivity (Wildman–Crippen MR) is 85.4 cm³/mol. The van der Waals surface area contributed by atoms with E-state index in [-0.39, 0.29) is 11.6 Å². The summed E-state index contributed by atoms with van der Waals surface area (Å²) in [5.74, 6) is 0.602. The highest BCUT2D eigenvalue weighted by atomic mass is 16.5. The molecule has 4 nitrogen and oxygen atoms in total. The normalized spacial score (nSPS) is 23.1. The van der Waals surface area contributed by atoms with Crippen LogP contribution >= 0.6 is 0 Å². The molecule has 0 radical (unpaired) electrons. The molecule has 1 heterocycles. The van der Waals surface area contributed by atoms with Crippen LogP contribution in [0.5, 0.6) is 6.01 Å². The number of rotatable bonds is 4. The van der Waals surface area contributed by atoms with E-state index in [0.29, 0.717) is 11.9 Å². The standard InChI is InChI=1S/C17H29N3O/c1-12-8-6-7-9-15(12)21-16-18-10-14(13(2)20-16)11-19-17(3,4)5/h10,12,15,19H,6-9,11H2,1-5H3. The molecule has 2 rings (SSSR count). The smallest absolute Gasteiger partial charge is 0.316 e. The van der Waals surface area contributed by atoms with Gasteiger partial charge in [-0.2, -0.15) is 0 Å². The van der Waals surface area contributed by atoms with E-state index in [9.17, 15) is 0 Å². The second-order valence-electron chi connectivity index (χ2n) is 7.28. The predicted octanol–water partition coefficient (Wildman–Crippen LogP) is 3.63. The molecule has 1 fully saturated rings. The minimum atomic E-state index is 0.0964. The van der Waals surface area contributed by atoms with Crippen molar-refractivity contribution in [3.8, 4) is 6.01 Å². The summed E-state index contributed by atoms with van der Waals surface area (Å²) in [4.78, 5) is 8.92. The van der Waals surface area contributed by atoms with Gasteiger partial charge in [-0.05, 0) is 52.9 Å². The summed E-state index contributed by atoms with van der Waals surface area (Å²) in [6.07, 6.45) is 7.11. The molecule has 0 bridgehead atoms. The Bertz CT molecular complexity index is 468. The summed E-state index contributed by atoms with van der Waals surface area (Å²) < 4.78 is 6.01. The quantitative estimate of drug-likeness (QED) is 0.920. The Kier molecular flexibility index (Phi) is 5.20. The molecule has 1 aromatic rings. The van der Waals surface area contributed by atoms with E-state index in [2.05, 4.69) is 43.0 Å². The molecule has 0 saturated heterocycles.